The normalized spacial score (nSPS) is 8.00. The Labute approximate surface area is 66.5 Å². The maximum atomic E-state index is 8.60. The molecule has 0 bridgehead atoms. The van der Waals surface area contributed by atoms with Crippen molar-refractivity contribution in [3.63, 3.8) is 0 Å². The molecule has 0 amide bonds. The van der Waals surface area contributed by atoms with E-state index in [9.17, 15) is 0 Å². The molecule has 0 fully saturated rings. The molecule has 0 aliphatic carbocycles. The van der Waals surface area contributed by atoms with Crippen LogP contribution >= 0.6 is 0 Å². The molecule has 2 N–H and O–H groups in total. The Morgan fingerprint density at radius 1 is 1.11 bits per heavy atom. The van der Waals surface area contributed by atoms with Gasteiger partial charge >= 0.3 is 0 Å². The Morgan fingerprint density at radius 2 is 1.56 bits per heavy atom. The van der Waals surface area contributed by atoms with Crippen molar-refractivity contribution >= 4 is 0 Å². The fraction of sp³-hybridized carbons (Fsp3) is 0. The van der Waals surface area contributed by atoms with Gasteiger partial charge in [-0.05, 0) is 0 Å². The fourth-order valence-electron chi connectivity index (χ4n) is 0.445. The molecule has 1 aromatic rings. The molecule has 0 spiro atoms. The van der Waals surface area contributed by atoms with Crippen molar-refractivity contribution in [2.24, 2.45) is 0 Å². The van der Waals surface area contributed by atoms with Gasteiger partial charge in [-0.25, -0.2) is 0 Å². The van der Waals surface area contributed by atoms with Crippen LogP contribution in [-0.4, -0.2) is 10.2 Å². The molecule has 2 nitrogen and oxygen atoms in total. The number of phenols is 2. The Bertz CT molecular complexity index is 171. The Morgan fingerprint density at radius 3 is 1.78 bits per heavy atom. The van der Waals surface area contributed by atoms with Crippen LogP contribution in [0, 0.1) is 6.07 Å². The summed E-state index contributed by atoms with van der Waals surface area (Å²) in [7, 11) is 0. The smallest absolute Gasteiger partial charge is 0.00751 e. The predicted octanol–water partition coefficient (Wildman–Crippen LogP) is 0.895. The second kappa shape index (κ2) is 3.49. The van der Waals surface area contributed by atoms with Crippen molar-refractivity contribution in [1.82, 2.24) is 0 Å². The summed E-state index contributed by atoms with van der Waals surface area (Å²) in [5.74, 6) is -0.0741. The molecular formula is C6H5IrO2-. The van der Waals surface area contributed by atoms with Gasteiger partial charge in [0, 0.05) is 31.6 Å². The van der Waals surface area contributed by atoms with Crippen LogP contribution in [0.4, 0.5) is 0 Å². The molecule has 1 radical (unpaired) electrons. The van der Waals surface area contributed by atoms with E-state index in [1.807, 2.05) is 0 Å². The van der Waals surface area contributed by atoms with Crippen LogP contribution in [0.2, 0.25) is 0 Å². The summed E-state index contributed by atoms with van der Waals surface area (Å²) in [5.41, 5.74) is 0. The number of phenolic OH excluding ortho intramolecular Hbond substituents is 2. The molecule has 51 valence electrons. The number of benzene rings is 1. The van der Waals surface area contributed by atoms with Gasteiger partial charge in [-0.1, -0.05) is 6.07 Å². The Hall–Kier alpha value is -0.531. The second-order valence-electron chi connectivity index (χ2n) is 1.42. The van der Waals surface area contributed by atoms with Crippen LogP contribution in [0.3, 0.4) is 0 Å². The van der Waals surface area contributed by atoms with Crippen molar-refractivity contribution in [2.45, 2.75) is 0 Å². The van der Waals surface area contributed by atoms with Gasteiger partial charge in [-0.3, -0.25) is 0 Å². The third-order valence-corrected chi connectivity index (χ3v) is 0.764. The van der Waals surface area contributed by atoms with Crippen molar-refractivity contribution in [2.75, 3.05) is 0 Å². The van der Waals surface area contributed by atoms with Gasteiger partial charge in [0.2, 0.25) is 0 Å². The summed E-state index contributed by atoms with van der Waals surface area (Å²) in [6.07, 6.45) is 0. The molecule has 0 atom stereocenters. The predicted molar refractivity (Wildman–Crippen MR) is 28.6 cm³/mol. The van der Waals surface area contributed by atoms with E-state index in [1.165, 1.54) is 12.1 Å². The van der Waals surface area contributed by atoms with Gasteiger partial charge in [0.15, 0.2) is 0 Å². The molecule has 0 saturated heterocycles. The summed E-state index contributed by atoms with van der Waals surface area (Å²) < 4.78 is 0. The maximum absolute atomic E-state index is 8.60. The van der Waals surface area contributed by atoms with E-state index in [-0.39, 0.29) is 31.6 Å². The molecule has 3 heteroatoms. The molecule has 9 heavy (non-hydrogen) atoms. The zero-order valence-corrected chi connectivity index (χ0v) is 6.85. The van der Waals surface area contributed by atoms with Crippen molar-refractivity contribution in [3.05, 3.63) is 24.3 Å². The molecular weight excluding hydrogens is 296 g/mol. The number of hydrogen-bond acceptors (Lipinski definition) is 2. The molecule has 0 aliphatic rings. The number of hydrogen-bond donors (Lipinski definition) is 2. The van der Waals surface area contributed by atoms with Crippen molar-refractivity contribution < 1.29 is 30.3 Å². The van der Waals surface area contributed by atoms with E-state index in [1.54, 1.807) is 6.07 Å². The standard InChI is InChI=1S/C6H5O2.Ir/c7-5-2-1-3-6(8)4-5;/h1-3,7-8H;/q-1;. The molecule has 0 heterocycles. The zero-order valence-electron chi connectivity index (χ0n) is 4.46. The summed E-state index contributed by atoms with van der Waals surface area (Å²) in [6, 6.07) is 6.71. The number of rotatable bonds is 0. The first-order valence-corrected chi connectivity index (χ1v) is 2.19. The largest absolute Gasteiger partial charge is 0.534 e. The van der Waals surface area contributed by atoms with Crippen LogP contribution < -0.4 is 0 Å². The minimum Gasteiger partial charge on any atom is -0.534 e. The topological polar surface area (TPSA) is 40.5 Å². The average Bonchev–Trinajstić information content (AvgIpc) is 1.64. The van der Waals surface area contributed by atoms with E-state index < -0.39 is 0 Å². The molecule has 0 saturated carbocycles. The summed E-state index contributed by atoms with van der Waals surface area (Å²) in [5, 5.41) is 17.2. The van der Waals surface area contributed by atoms with Gasteiger partial charge in [0.1, 0.15) is 0 Å². The fourth-order valence-corrected chi connectivity index (χ4v) is 0.445. The monoisotopic (exact) mass is 302 g/mol. The van der Waals surface area contributed by atoms with Gasteiger partial charge in [-0.2, -0.15) is 6.07 Å². The van der Waals surface area contributed by atoms with Crippen molar-refractivity contribution in [3.8, 4) is 11.5 Å². The van der Waals surface area contributed by atoms with E-state index in [0.29, 0.717) is 0 Å². The summed E-state index contributed by atoms with van der Waals surface area (Å²) in [4.78, 5) is 0. The minimum absolute atomic E-state index is 0. The van der Waals surface area contributed by atoms with E-state index in [4.69, 9.17) is 10.2 Å². The zero-order chi connectivity index (χ0) is 5.98. The van der Waals surface area contributed by atoms with Crippen LogP contribution in [0.25, 0.3) is 0 Å². The summed E-state index contributed by atoms with van der Waals surface area (Å²) >= 11 is 0. The maximum Gasteiger partial charge on any atom is 0.00751 e. The third-order valence-electron chi connectivity index (χ3n) is 0.764. The van der Waals surface area contributed by atoms with E-state index in [0.717, 1.165) is 0 Å². The van der Waals surface area contributed by atoms with Gasteiger partial charge in [0.05, 0.1) is 0 Å². The first-order valence-electron chi connectivity index (χ1n) is 2.19. The van der Waals surface area contributed by atoms with Crippen molar-refractivity contribution in [1.29, 1.82) is 0 Å². The van der Waals surface area contributed by atoms with Gasteiger partial charge < -0.3 is 10.2 Å². The van der Waals surface area contributed by atoms with Crippen LogP contribution in [-0.2, 0) is 20.1 Å². The third kappa shape index (κ3) is 2.49. The first-order chi connectivity index (χ1) is 3.79. The van der Waals surface area contributed by atoms with E-state index in [2.05, 4.69) is 6.07 Å². The quantitative estimate of drug-likeness (QED) is 0.699. The van der Waals surface area contributed by atoms with Gasteiger partial charge in [0.25, 0.3) is 0 Å². The molecule has 0 aromatic heterocycles. The Balaban J connectivity index is 0.000000640. The first kappa shape index (κ1) is 8.47. The Kier molecular flexibility index (Phi) is 3.28. The second-order valence-corrected chi connectivity index (χ2v) is 1.42. The SMILES string of the molecule is Oc1[c-]c(O)ccc1.[Ir]. The van der Waals surface area contributed by atoms with E-state index >= 15 is 0 Å². The van der Waals surface area contributed by atoms with Crippen LogP contribution in [0.5, 0.6) is 11.5 Å². The number of aromatic hydroxyl groups is 2. The van der Waals surface area contributed by atoms with Crippen LogP contribution in [0.1, 0.15) is 0 Å². The summed E-state index contributed by atoms with van der Waals surface area (Å²) in [6.45, 7) is 0. The molecule has 1 rings (SSSR count). The minimum atomic E-state index is -0.0370. The van der Waals surface area contributed by atoms with Gasteiger partial charge in [-0.15, -0.1) is 12.1 Å². The average molecular weight is 301 g/mol. The molecule has 1 aromatic carbocycles. The van der Waals surface area contributed by atoms with Crippen LogP contribution in [0.15, 0.2) is 18.2 Å². The molecule has 0 aliphatic heterocycles. The molecule has 0 unspecified atom stereocenters.